The summed E-state index contributed by atoms with van der Waals surface area (Å²) in [5, 5.41) is 5.95. The van der Waals surface area contributed by atoms with Gasteiger partial charge in [-0.1, -0.05) is 29.3 Å². The molecule has 0 heterocycles. The molecular weight excluding hydrogens is 411 g/mol. The monoisotopic (exact) mass is 432 g/mol. The summed E-state index contributed by atoms with van der Waals surface area (Å²) >= 11 is 5.62. The van der Waals surface area contributed by atoms with Gasteiger partial charge in [0.05, 0.1) is 5.02 Å². The van der Waals surface area contributed by atoms with Crippen LogP contribution in [0.4, 0.5) is 4.39 Å². The number of nitrogens with one attached hydrogen (secondary N) is 2. The predicted molar refractivity (Wildman–Crippen MR) is 109 cm³/mol. The lowest BCUT2D eigenvalue weighted by Crippen LogP contribution is -2.84. The predicted octanol–water partition coefficient (Wildman–Crippen LogP) is 3.15. The summed E-state index contributed by atoms with van der Waals surface area (Å²) in [5.74, 6) is -0.173. The Bertz CT molecular complexity index is 960. The first kappa shape index (κ1) is 20.5. The van der Waals surface area contributed by atoms with Crippen LogP contribution in [0.25, 0.3) is 0 Å². The molecule has 2 bridgehead atoms. The van der Waals surface area contributed by atoms with Gasteiger partial charge in [-0.2, -0.15) is 0 Å². The SMILES string of the molecule is Cc1ccc(OCC(=O)NC23CC(NC(=O)COc4ccc(Cl)c(F)c4)(C2)C3)cc1. The highest BCUT2D eigenvalue weighted by Gasteiger charge is 2.69. The van der Waals surface area contributed by atoms with Gasteiger partial charge in [0.2, 0.25) is 0 Å². The van der Waals surface area contributed by atoms with E-state index in [4.69, 9.17) is 21.1 Å². The number of hydrogen-bond acceptors (Lipinski definition) is 4. The summed E-state index contributed by atoms with van der Waals surface area (Å²) in [6.45, 7) is 1.72. The maximum Gasteiger partial charge on any atom is 0.258 e. The molecule has 6 nitrogen and oxygen atoms in total. The van der Waals surface area contributed by atoms with Gasteiger partial charge in [0.1, 0.15) is 17.3 Å². The Balaban J connectivity index is 1.17. The molecule has 0 saturated heterocycles. The van der Waals surface area contributed by atoms with E-state index >= 15 is 0 Å². The fourth-order valence-electron chi connectivity index (χ4n) is 4.22. The molecule has 0 aromatic heterocycles. The molecule has 5 rings (SSSR count). The summed E-state index contributed by atoms with van der Waals surface area (Å²) in [6, 6.07) is 11.5. The third-order valence-corrected chi connectivity index (χ3v) is 5.80. The van der Waals surface area contributed by atoms with Crippen molar-refractivity contribution in [2.45, 2.75) is 37.3 Å². The number of aryl methyl sites for hydroxylation is 1. The molecule has 0 aliphatic heterocycles. The minimum atomic E-state index is -0.599. The van der Waals surface area contributed by atoms with Crippen LogP contribution in [0.15, 0.2) is 42.5 Å². The fourth-order valence-corrected chi connectivity index (χ4v) is 4.33. The zero-order valence-corrected chi connectivity index (χ0v) is 17.2. The molecule has 0 spiro atoms. The molecule has 30 heavy (non-hydrogen) atoms. The second kappa shape index (κ2) is 7.80. The molecule has 2 aromatic carbocycles. The number of carbonyl (C=O) groups is 2. The van der Waals surface area contributed by atoms with E-state index in [1.54, 1.807) is 0 Å². The van der Waals surface area contributed by atoms with Crippen LogP contribution in [0.5, 0.6) is 11.5 Å². The molecule has 2 aromatic rings. The topological polar surface area (TPSA) is 76.7 Å². The van der Waals surface area contributed by atoms with Crippen molar-refractivity contribution in [1.29, 1.82) is 0 Å². The Morgan fingerprint density at radius 3 is 1.97 bits per heavy atom. The Kier molecular flexibility index (Phi) is 5.32. The number of rotatable bonds is 8. The highest BCUT2D eigenvalue weighted by atomic mass is 35.5. The average molecular weight is 433 g/mol. The minimum absolute atomic E-state index is 0.00252. The van der Waals surface area contributed by atoms with Crippen molar-refractivity contribution in [3.63, 3.8) is 0 Å². The Labute approximate surface area is 178 Å². The lowest BCUT2D eigenvalue weighted by Gasteiger charge is -2.70. The molecule has 158 valence electrons. The maximum absolute atomic E-state index is 13.4. The number of hydrogen-bond donors (Lipinski definition) is 2. The van der Waals surface area contributed by atoms with Crippen molar-refractivity contribution in [3.05, 3.63) is 58.9 Å². The second-order valence-corrected chi connectivity index (χ2v) is 8.56. The van der Waals surface area contributed by atoms with Crippen molar-refractivity contribution >= 4 is 23.4 Å². The van der Waals surface area contributed by atoms with Crippen LogP contribution in [0.3, 0.4) is 0 Å². The highest BCUT2D eigenvalue weighted by molar-refractivity contribution is 6.30. The quantitative estimate of drug-likeness (QED) is 0.671. The number of ether oxygens (including phenoxy) is 2. The molecule has 2 amide bonds. The summed E-state index contributed by atoms with van der Waals surface area (Å²) in [6.07, 6.45) is 2.03. The normalized spacial score (nSPS) is 23.6. The maximum atomic E-state index is 13.4. The van der Waals surface area contributed by atoms with Crippen molar-refractivity contribution < 1.29 is 23.5 Å². The van der Waals surface area contributed by atoms with E-state index in [9.17, 15) is 14.0 Å². The van der Waals surface area contributed by atoms with Gasteiger partial charge >= 0.3 is 0 Å². The Morgan fingerprint density at radius 2 is 1.43 bits per heavy atom. The summed E-state index contributed by atoms with van der Waals surface area (Å²) in [4.78, 5) is 24.3. The summed E-state index contributed by atoms with van der Waals surface area (Å²) in [7, 11) is 0. The summed E-state index contributed by atoms with van der Waals surface area (Å²) < 4.78 is 24.2. The van der Waals surface area contributed by atoms with Crippen LogP contribution < -0.4 is 20.1 Å². The van der Waals surface area contributed by atoms with Crippen LogP contribution in [0.1, 0.15) is 24.8 Å². The molecule has 0 unspecified atom stereocenters. The van der Waals surface area contributed by atoms with E-state index in [1.807, 2.05) is 31.2 Å². The number of amides is 2. The van der Waals surface area contributed by atoms with Crippen LogP contribution in [0, 0.1) is 12.7 Å². The van der Waals surface area contributed by atoms with E-state index in [0.717, 1.165) is 11.6 Å². The zero-order chi connectivity index (χ0) is 21.4. The molecule has 3 fully saturated rings. The van der Waals surface area contributed by atoms with Gasteiger partial charge in [0, 0.05) is 17.1 Å². The van der Waals surface area contributed by atoms with E-state index in [1.165, 1.54) is 12.1 Å². The number of halogens is 2. The fraction of sp³-hybridized carbons (Fsp3) is 0.364. The number of benzene rings is 2. The molecule has 3 saturated carbocycles. The van der Waals surface area contributed by atoms with Gasteiger partial charge in [-0.25, -0.2) is 4.39 Å². The van der Waals surface area contributed by atoms with Crippen molar-refractivity contribution in [2.24, 2.45) is 0 Å². The van der Waals surface area contributed by atoms with E-state index in [2.05, 4.69) is 10.6 Å². The third-order valence-electron chi connectivity index (χ3n) is 5.49. The molecule has 8 heteroatoms. The lowest BCUT2D eigenvalue weighted by atomic mass is 9.44. The molecular formula is C22H22ClFN2O4. The number of carbonyl (C=O) groups excluding carboxylic acids is 2. The van der Waals surface area contributed by atoms with Gasteiger partial charge in [-0.05, 0) is 50.5 Å². The first-order valence-corrected chi connectivity index (χ1v) is 10.0. The third kappa shape index (κ3) is 4.36. The standard InChI is InChI=1S/C22H22ClFN2O4/c1-14-2-4-15(5-3-14)29-9-19(27)25-21-11-22(12-21,13-21)26-20(28)10-30-16-6-7-17(23)18(24)8-16/h2-8H,9-13H2,1H3,(H,25,27)(H,26,28). The van der Waals surface area contributed by atoms with Crippen LogP contribution in [0.2, 0.25) is 5.02 Å². The van der Waals surface area contributed by atoms with Crippen LogP contribution >= 0.6 is 11.6 Å². The minimum Gasteiger partial charge on any atom is -0.484 e. The van der Waals surface area contributed by atoms with E-state index in [0.29, 0.717) is 25.0 Å². The Hall–Kier alpha value is -2.80. The second-order valence-electron chi connectivity index (χ2n) is 8.15. The van der Waals surface area contributed by atoms with Crippen molar-refractivity contribution in [2.75, 3.05) is 13.2 Å². The van der Waals surface area contributed by atoms with Crippen LogP contribution in [-0.4, -0.2) is 36.1 Å². The van der Waals surface area contributed by atoms with Gasteiger partial charge in [0.15, 0.2) is 13.2 Å². The Morgan fingerprint density at radius 1 is 0.933 bits per heavy atom. The molecule has 3 aliphatic rings. The highest BCUT2D eigenvalue weighted by Crippen LogP contribution is 2.60. The first-order valence-electron chi connectivity index (χ1n) is 9.66. The van der Waals surface area contributed by atoms with Gasteiger partial charge in [-0.15, -0.1) is 0 Å². The van der Waals surface area contributed by atoms with Gasteiger partial charge < -0.3 is 20.1 Å². The molecule has 3 aliphatic carbocycles. The molecule has 2 N–H and O–H groups in total. The van der Waals surface area contributed by atoms with Gasteiger partial charge in [0.25, 0.3) is 11.8 Å². The van der Waals surface area contributed by atoms with Crippen molar-refractivity contribution in [3.8, 4) is 11.5 Å². The van der Waals surface area contributed by atoms with Crippen LogP contribution in [-0.2, 0) is 9.59 Å². The molecule has 0 atom stereocenters. The lowest BCUT2D eigenvalue weighted by molar-refractivity contribution is -0.151. The van der Waals surface area contributed by atoms with Gasteiger partial charge in [-0.3, -0.25) is 9.59 Å². The average Bonchev–Trinajstić information content (AvgIpc) is 2.66. The molecule has 0 radical (unpaired) electrons. The zero-order valence-electron chi connectivity index (χ0n) is 16.5. The van der Waals surface area contributed by atoms with Crippen molar-refractivity contribution in [1.82, 2.24) is 10.6 Å². The smallest absolute Gasteiger partial charge is 0.258 e. The first-order chi connectivity index (χ1) is 14.3. The largest absolute Gasteiger partial charge is 0.484 e. The van der Waals surface area contributed by atoms with E-state index < -0.39 is 5.82 Å². The van der Waals surface area contributed by atoms with E-state index in [-0.39, 0.29) is 46.9 Å². The summed E-state index contributed by atoms with van der Waals surface area (Å²) in [5.41, 5.74) is 0.566.